The number of benzene rings is 1. The van der Waals surface area contributed by atoms with Crippen LogP contribution < -0.4 is 11.1 Å². The summed E-state index contributed by atoms with van der Waals surface area (Å²) in [6.45, 7) is 0.502. The Balaban J connectivity index is 1.74. The molecule has 1 aliphatic rings. The van der Waals surface area contributed by atoms with Crippen LogP contribution in [0.25, 0.3) is 5.69 Å². The number of nitrogens with one attached hydrogen (secondary N) is 1. The van der Waals surface area contributed by atoms with Crippen molar-refractivity contribution in [2.75, 3.05) is 6.54 Å². The summed E-state index contributed by atoms with van der Waals surface area (Å²) >= 11 is 0. The fraction of sp³-hybridized carbons (Fsp3) is 0.471. The van der Waals surface area contributed by atoms with Gasteiger partial charge in [-0.25, -0.2) is 4.68 Å². The molecule has 1 amide bonds. The smallest absolute Gasteiger partial charge is 0.348 e. The average Bonchev–Trinajstić information content (AvgIpc) is 3.12. The lowest BCUT2D eigenvalue weighted by molar-refractivity contribution is -0.137. The van der Waals surface area contributed by atoms with Crippen LogP contribution in [0.4, 0.5) is 13.2 Å². The Kier molecular flexibility index (Phi) is 5.26. The van der Waals surface area contributed by atoms with Crippen LogP contribution in [0.15, 0.2) is 30.5 Å². The molecule has 1 saturated carbocycles. The van der Waals surface area contributed by atoms with Crippen molar-refractivity contribution in [3.8, 4) is 5.69 Å². The summed E-state index contributed by atoms with van der Waals surface area (Å²) in [6.07, 6.45) is 0.826. The summed E-state index contributed by atoms with van der Waals surface area (Å²) in [5, 5.41) is 10.5. The van der Waals surface area contributed by atoms with Crippen LogP contribution in [0.2, 0.25) is 0 Å². The minimum absolute atomic E-state index is 0.0139. The normalized spacial score (nSPS) is 20.8. The van der Waals surface area contributed by atoms with Gasteiger partial charge in [0.05, 0.1) is 17.4 Å². The first kappa shape index (κ1) is 18.4. The van der Waals surface area contributed by atoms with Gasteiger partial charge in [-0.3, -0.25) is 4.79 Å². The van der Waals surface area contributed by atoms with Crippen LogP contribution in [0.3, 0.4) is 0 Å². The monoisotopic (exact) mass is 367 g/mol. The maximum Gasteiger partial charge on any atom is 0.416 e. The molecule has 0 spiro atoms. The molecule has 9 heteroatoms. The highest BCUT2D eigenvalue weighted by Gasteiger charge is 2.31. The molecule has 26 heavy (non-hydrogen) atoms. The van der Waals surface area contributed by atoms with Gasteiger partial charge in [0.1, 0.15) is 0 Å². The zero-order valence-corrected chi connectivity index (χ0v) is 14.0. The highest BCUT2D eigenvalue weighted by Crippen LogP contribution is 2.30. The molecular formula is C17H20F3N5O. The molecule has 1 fully saturated rings. The maximum atomic E-state index is 12.8. The summed E-state index contributed by atoms with van der Waals surface area (Å²) < 4.78 is 39.6. The minimum Gasteiger partial charge on any atom is -0.348 e. The lowest BCUT2D eigenvalue weighted by Crippen LogP contribution is -2.44. The molecule has 6 nitrogen and oxygen atoms in total. The number of halogens is 3. The molecule has 2 unspecified atom stereocenters. The molecule has 0 aliphatic heterocycles. The highest BCUT2D eigenvalue weighted by atomic mass is 19.4. The Labute approximate surface area is 148 Å². The molecule has 1 aromatic carbocycles. The number of alkyl halides is 3. The van der Waals surface area contributed by atoms with E-state index in [1.807, 2.05) is 0 Å². The van der Waals surface area contributed by atoms with Gasteiger partial charge in [-0.1, -0.05) is 24.1 Å². The van der Waals surface area contributed by atoms with Crippen molar-refractivity contribution in [1.82, 2.24) is 20.3 Å². The Morgan fingerprint density at radius 1 is 1.31 bits per heavy atom. The first-order chi connectivity index (χ1) is 12.4. The predicted octanol–water partition coefficient (Wildman–Crippen LogP) is 2.53. The predicted molar refractivity (Wildman–Crippen MR) is 88.6 cm³/mol. The second-order valence-electron chi connectivity index (χ2n) is 6.46. The van der Waals surface area contributed by atoms with Crippen LogP contribution in [0, 0.1) is 5.92 Å². The standard InChI is InChI=1S/C17H20F3N5O/c18-17(19,20)12-5-3-6-13(8-12)25-10-15(23-24-25)16(26)22-14-7-2-1-4-11(14)9-21/h3,5-6,8,10-11,14H,1-2,4,7,9,21H2,(H,22,26). The summed E-state index contributed by atoms with van der Waals surface area (Å²) in [5.74, 6) is -0.167. The Morgan fingerprint density at radius 2 is 2.08 bits per heavy atom. The Bertz CT molecular complexity index is 774. The van der Waals surface area contributed by atoms with E-state index in [2.05, 4.69) is 15.6 Å². The van der Waals surface area contributed by atoms with Gasteiger partial charge in [0.25, 0.3) is 5.91 Å². The van der Waals surface area contributed by atoms with Gasteiger partial charge >= 0.3 is 6.18 Å². The summed E-state index contributed by atoms with van der Waals surface area (Å²) in [4.78, 5) is 12.4. The summed E-state index contributed by atoms with van der Waals surface area (Å²) in [6, 6.07) is 4.68. The van der Waals surface area contributed by atoms with E-state index in [0.29, 0.717) is 6.54 Å². The number of nitrogens with two attached hydrogens (primary N) is 1. The van der Waals surface area contributed by atoms with Gasteiger partial charge in [0.15, 0.2) is 5.69 Å². The summed E-state index contributed by atoms with van der Waals surface area (Å²) in [7, 11) is 0. The average molecular weight is 367 g/mol. The largest absolute Gasteiger partial charge is 0.416 e. The topological polar surface area (TPSA) is 85.8 Å². The number of nitrogens with zero attached hydrogens (tertiary/aromatic N) is 3. The molecule has 1 aromatic heterocycles. The quantitative estimate of drug-likeness (QED) is 0.870. The molecular weight excluding hydrogens is 347 g/mol. The van der Waals surface area contributed by atoms with Gasteiger partial charge in [0, 0.05) is 6.04 Å². The molecule has 2 aromatic rings. The number of carbonyl (C=O) groups excluding carboxylic acids is 1. The van der Waals surface area contributed by atoms with Crippen molar-refractivity contribution in [2.24, 2.45) is 11.7 Å². The number of amides is 1. The van der Waals surface area contributed by atoms with Gasteiger partial charge in [0.2, 0.25) is 0 Å². The van der Waals surface area contributed by atoms with Crippen LogP contribution in [-0.2, 0) is 6.18 Å². The number of aromatic nitrogens is 3. The fourth-order valence-electron chi connectivity index (χ4n) is 3.24. The molecule has 1 aliphatic carbocycles. The van der Waals surface area contributed by atoms with E-state index in [4.69, 9.17) is 5.73 Å². The third-order valence-electron chi connectivity index (χ3n) is 4.69. The van der Waals surface area contributed by atoms with E-state index in [0.717, 1.165) is 42.5 Å². The third kappa shape index (κ3) is 4.04. The zero-order valence-electron chi connectivity index (χ0n) is 14.0. The molecule has 140 valence electrons. The lowest BCUT2D eigenvalue weighted by Gasteiger charge is -2.30. The van der Waals surface area contributed by atoms with E-state index in [9.17, 15) is 18.0 Å². The van der Waals surface area contributed by atoms with Gasteiger partial charge in [-0.15, -0.1) is 5.10 Å². The second kappa shape index (κ2) is 7.45. The van der Waals surface area contributed by atoms with Crippen molar-refractivity contribution < 1.29 is 18.0 Å². The number of rotatable bonds is 4. The first-order valence-corrected chi connectivity index (χ1v) is 8.49. The zero-order chi connectivity index (χ0) is 18.7. The maximum absolute atomic E-state index is 12.8. The molecule has 0 radical (unpaired) electrons. The van der Waals surface area contributed by atoms with Gasteiger partial charge in [-0.2, -0.15) is 13.2 Å². The molecule has 2 atom stereocenters. The van der Waals surface area contributed by atoms with Gasteiger partial charge < -0.3 is 11.1 Å². The van der Waals surface area contributed by atoms with Crippen LogP contribution in [0.1, 0.15) is 41.7 Å². The minimum atomic E-state index is -4.45. The van der Waals surface area contributed by atoms with Crippen molar-refractivity contribution in [3.05, 3.63) is 41.7 Å². The lowest BCUT2D eigenvalue weighted by atomic mass is 9.84. The molecule has 1 heterocycles. The van der Waals surface area contributed by atoms with Crippen molar-refractivity contribution >= 4 is 5.91 Å². The van der Waals surface area contributed by atoms with Gasteiger partial charge in [-0.05, 0) is 43.5 Å². The second-order valence-corrected chi connectivity index (χ2v) is 6.46. The van der Waals surface area contributed by atoms with E-state index in [1.54, 1.807) is 0 Å². The van der Waals surface area contributed by atoms with Crippen LogP contribution >= 0.6 is 0 Å². The summed E-state index contributed by atoms with van der Waals surface area (Å²) in [5.41, 5.74) is 5.22. The van der Waals surface area contributed by atoms with Crippen molar-refractivity contribution in [1.29, 1.82) is 0 Å². The molecule has 0 saturated heterocycles. The first-order valence-electron chi connectivity index (χ1n) is 8.49. The van der Waals surface area contributed by atoms with Crippen LogP contribution in [0.5, 0.6) is 0 Å². The molecule has 0 bridgehead atoms. The van der Waals surface area contributed by atoms with E-state index in [-0.39, 0.29) is 23.3 Å². The molecule has 3 N–H and O–H groups in total. The SMILES string of the molecule is NCC1CCCCC1NC(=O)c1cn(-c2cccc(C(F)(F)F)c2)nn1. The van der Waals surface area contributed by atoms with Crippen LogP contribution in [-0.4, -0.2) is 33.5 Å². The van der Waals surface area contributed by atoms with E-state index < -0.39 is 17.6 Å². The molecule has 3 rings (SSSR count). The number of carbonyl (C=O) groups is 1. The van der Waals surface area contributed by atoms with Crippen molar-refractivity contribution in [3.63, 3.8) is 0 Å². The number of hydrogen-bond acceptors (Lipinski definition) is 4. The highest BCUT2D eigenvalue weighted by molar-refractivity contribution is 5.92. The van der Waals surface area contributed by atoms with E-state index in [1.165, 1.54) is 18.3 Å². The van der Waals surface area contributed by atoms with E-state index >= 15 is 0 Å². The van der Waals surface area contributed by atoms with Crippen molar-refractivity contribution in [2.45, 2.75) is 37.9 Å². The Morgan fingerprint density at radius 3 is 2.81 bits per heavy atom. The fourth-order valence-corrected chi connectivity index (χ4v) is 3.24. The number of hydrogen-bond donors (Lipinski definition) is 2. The Hall–Kier alpha value is -2.42. The third-order valence-corrected chi connectivity index (χ3v) is 4.69.